The Morgan fingerprint density at radius 1 is 0.825 bits per heavy atom. The number of unbranched alkanes of at least 4 members (excludes halogenated alkanes) is 4. The standard InChI is InChI=1S/C39H50S/c1-7-12-18-29-24-36-34(31(27(29)6)21-14-9-3)26-35-33(22-15-10-4)39(40)30(19-13-8-2)25-37(35)38(36)32-23-17-16-20-28(32)11-5/h11,16-17,20,23-25H,5,7-10,12-15,18-19,21-22,26H2,1-4,6H3. The second-order valence-electron chi connectivity index (χ2n) is 11.8. The van der Waals surface area contributed by atoms with Crippen molar-refractivity contribution in [2.75, 3.05) is 0 Å². The van der Waals surface area contributed by atoms with Crippen LogP contribution in [0.1, 0.15) is 131 Å². The van der Waals surface area contributed by atoms with Gasteiger partial charge >= 0.3 is 0 Å². The third kappa shape index (κ3) is 6.20. The molecule has 0 heterocycles. The highest BCUT2D eigenvalue weighted by atomic mass is 32.1. The number of hydrogen-bond acceptors (Lipinski definition) is 1. The SMILES string of the molecule is C=Cc1ccccc1C1=C2C=C(CCCC)C(=S)C(CCCC)=C2Cc2c1cc(CCCC)c(C)c2CCCC. The Hall–Kier alpha value is -2.51. The lowest BCUT2D eigenvalue weighted by molar-refractivity contribution is 0.763. The summed E-state index contributed by atoms with van der Waals surface area (Å²) in [7, 11) is 0. The third-order valence-corrected chi connectivity index (χ3v) is 9.53. The Labute approximate surface area is 250 Å². The number of aryl methyl sites for hydroxylation is 1. The summed E-state index contributed by atoms with van der Waals surface area (Å²) in [6.07, 6.45) is 19.7. The molecule has 2 aliphatic rings. The summed E-state index contributed by atoms with van der Waals surface area (Å²) in [6, 6.07) is 11.5. The van der Waals surface area contributed by atoms with Gasteiger partial charge in [0.05, 0.1) is 0 Å². The van der Waals surface area contributed by atoms with Gasteiger partial charge in [-0.15, -0.1) is 0 Å². The molecule has 0 aliphatic heterocycles. The molecule has 2 aromatic rings. The lowest BCUT2D eigenvalue weighted by Gasteiger charge is -2.34. The van der Waals surface area contributed by atoms with Crippen LogP contribution in [0.3, 0.4) is 0 Å². The zero-order chi connectivity index (χ0) is 28.6. The molecule has 0 amide bonds. The number of fused-ring (bicyclic) bond motifs is 2. The molecule has 0 unspecified atom stereocenters. The topological polar surface area (TPSA) is 0 Å². The first-order valence-electron chi connectivity index (χ1n) is 16.1. The van der Waals surface area contributed by atoms with Crippen molar-refractivity contribution in [2.45, 2.75) is 118 Å². The van der Waals surface area contributed by atoms with Crippen molar-refractivity contribution in [3.8, 4) is 0 Å². The van der Waals surface area contributed by atoms with Crippen LogP contribution in [-0.4, -0.2) is 4.86 Å². The Morgan fingerprint density at radius 2 is 1.48 bits per heavy atom. The van der Waals surface area contributed by atoms with E-state index in [1.165, 1.54) is 101 Å². The molecule has 0 saturated carbocycles. The molecular weight excluding hydrogens is 500 g/mol. The molecule has 2 aromatic carbocycles. The third-order valence-electron chi connectivity index (χ3n) is 9.02. The van der Waals surface area contributed by atoms with E-state index in [4.69, 9.17) is 12.2 Å². The molecule has 2 aliphatic carbocycles. The van der Waals surface area contributed by atoms with Gasteiger partial charge in [0.2, 0.25) is 0 Å². The number of thiocarbonyl (C=S) groups is 1. The summed E-state index contributed by atoms with van der Waals surface area (Å²) in [5.74, 6) is 0. The number of benzene rings is 2. The minimum absolute atomic E-state index is 1.01. The van der Waals surface area contributed by atoms with Crippen LogP contribution in [-0.2, 0) is 19.3 Å². The van der Waals surface area contributed by atoms with Crippen molar-refractivity contribution in [1.82, 2.24) is 0 Å². The van der Waals surface area contributed by atoms with Crippen LogP contribution >= 0.6 is 12.2 Å². The highest BCUT2D eigenvalue weighted by Gasteiger charge is 2.32. The van der Waals surface area contributed by atoms with Crippen molar-refractivity contribution >= 4 is 28.7 Å². The second kappa shape index (κ2) is 14.4. The van der Waals surface area contributed by atoms with Gasteiger partial charge in [0, 0.05) is 4.86 Å². The molecule has 0 spiro atoms. The fourth-order valence-electron chi connectivity index (χ4n) is 6.63. The molecule has 0 bridgehead atoms. The van der Waals surface area contributed by atoms with E-state index in [1.807, 2.05) is 6.08 Å². The Kier molecular flexibility index (Phi) is 11.0. The van der Waals surface area contributed by atoms with Crippen molar-refractivity contribution in [1.29, 1.82) is 0 Å². The molecule has 40 heavy (non-hydrogen) atoms. The summed E-state index contributed by atoms with van der Waals surface area (Å²) in [5.41, 5.74) is 17.4. The minimum Gasteiger partial charge on any atom is -0.0984 e. The molecular formula is C39H50S. The van der Waals surface area contributed by atoms with E-state index in [1.54, 1.807) is 16.7 Å². The Bertz CT molecular complexity index is 1340. The highest BCUT2D eigenvalue weighted by Crippen LogP contribution is 2.47. The van der Waals surface area contributed by atoms with Crippen LogP contribution in [0.15, 0.2) is 65.3 Å². The zero-order valence-corrected chi connectivity index (χ0v) is 26.7. The first kappa shape index (κ1) is 30.4. The van der Waals surface area contributed by atoms with E-state index in [2.05, 4.69) is 77.6 Å². The predicted octanol–water partition coefficient (Wildman–Crippen LogP) is 11.7. The van der Waals surface area contributed by atoms with E-state index in [-0.39, 0.29) is 0 Å². The smallest absolute Gasteiger partial charge is 0.0444 e. The van der Waals surface area contributed by atoms with Crippen LogP contribution in [0.4, 0.5) is 0 Å². The van der Waals surface area contributed by atoms with Gasteiger partial charge in [-0.2, -0.15) is 0 Å². The maximum absolute atomic E-state index is 6.28. The van der Waals surface area contributed by atoms with Gasteiger partial charge < -0.3 is 0 Å². The summed E-state index contributed by atoms with van der Waals surface area (Å²) < 4.78 is 0. The predicted molar refractivity (Wildman–Crippen MR) is 181 cm³/mol. The molecule has 0 fully saturated rings. The van der Waals surface area contributed by atoms with Crippen LogP contribution in [0.25, 0.3) is 11.6 Å². The average molecular weight is 551 g/mol. The van der Waals surface area contributed by atoms with Gasteiger partial charge in [0.15, 0.2) is 0 Å². The lowest BCUT2D eigenvalue weighted by atomic mass is 9.70. The zero-order valence-electron chi connectivity index (χ0n) is 25.8. The number of allylic oxidation sites excluding steroid dienone is 5. The van der Waals surface area contributed by atoms with Crippen LogP contribution < -0.4 is 0 Å². The summed E-state index contributed by atoms with van der Waals surface area (Å²) in [4.78, 5) is 1.15. The van der Waals surface area contributed by atoms with Gasteiger partial charge in [0.25, 0.3) is 0 Å². The molecule has 1 heteroatoms. The van der Waals surface area contributed by atoms with Crippen LogP contribution in [0.2, 0.25) is 0 Å². The first-order chi connectivity index (χ1) is 19.5. The molecule has 0 atom stereocenters. The molecule has 0 radical (unpaired) electrons. The fourth-order valence-corrected chi connectivity index (χ4v) is 7.01. The largest absolute Gasteiger partial charge is 0.0984 e. The monoisotopic (exact) mass is 550 g/mol. The van der Waals surface area contributed by atoms with Crippen molar-refractivity contribution in [3.63, 3.8) is 0 Å². The van der Waals surface area contributed by atoms with Crippen LogP contribution in [0, 0.1) is 6.92 Å². The number of rotatable bonds is 14. The maximum atomic E-state index is 6.28. The van der Waals surface area contributed by atoms with Gasteiger partial charge in [0.1, 0.15) is 0 Å². The molecule has 0 nitrogen and oxygen atoms in total. The van der Waals surface area contributed by atoms with E-state index < -0.39 is 0 Å². The van der Waals surface area contributed by atoms with Crippen molar-refractivity contribution < 1.29 is 0 Å². The van der Waals surface area contributed by atoms with Crippen molar-refractivity contribution in [3.05, 3.63) is 104 Å². The molecule has 0 aromatic heterocycles. The average Bonchev–Trinajstić information content (AvgIpc) is 2.97. The Balaban J connectivity index is 2.12. The lowest BCUT2D eigenvalue weighted by Crippen LogP contribution is -2.21. The quantitative estimate of drug-likeness (QED) is 0.211. The summed E-state index contributed by atoms with van der Waals surface area (Å²) >= 11 is 6.28. The fraction of sp³-hybridized carbons (Fsp3) is 0.462. The van der Waals surface area contributed by atoms with Crippen LogP contribution in [0.5, 0.6) is 0 Å². The van der Waals surface area contributed by atoms with Gasteiger partial charge in [-0.1, -0.05) is 109 Å². The molecule has 0 N–H and O–H groups in total. The Morgan fingerprint density at radius 3 is 2.17 bits per heavy atom. The normalized spacial score (nSPS) is 14.8. The van der Waals surface area contributed by atoms with E-state index in [0.717, 1.165) is 37.0 Å². The molecule has 0 saturated heterocycles. The molecule has 4 rings (SSSR count). The number of hydrogen-bond donors (Lipinski definition) is 0. The highest BCUT2D eigenvalue weighted by molar-refractivity contribution is 7.81. The van der Waals surface area contributed by atoms with E-state index in [9.17, 15) is 0 Å². The second-order valence-corrected chi connectivity index (χ2v) is 12.2. The summed E-state index contributed by atoms with van der Waals surface area (Å²) in [5, 5.41) is 0. The van der Waals surface area contributed by atoms with Gasteiger partial charge in [-0.05, 0) is 138 Å². The van der Waals surface area contributed by atoms with Gasteiger partial charge in [-0.3, -0.25) is 0 Å². The van der Waals surface area contributed by atoms with Gasteiger partial charge in [-0.25, -0.2) is 0 Å². The van der Waals surface area contributed by atoms with Crippen molar-refractivity contribution in [2.24, 2.45) is 0 Å². The summed E-state index contributed by atoms with van der Waals surface area (Å²) in [6.45, 7) is 15.8. The maximum Gasteiger partial charge on any atom is 0.0444 e. The van der Waals surface area contributed by atoms with E-state index >= 15 is 0 Å². The first-order valence-corrected chi connectivity index (χ1v) is 16.5. The van der Waals surface area contributed by atoms with E-state index in [0.29, 0.717) is 0 Å². The minimum atomic E-state index is 1.01. The molecule has 212 valence electrons.